The van der Waals surface area contributed by atoms with E-state index in [0.717, 1.165) is 12.8 Å². The molecule has 19 heavy (non-hydrogen) atoms. The molecule has 1 heterocycles. The third-order valence-corrected chi connectivity index (χ3v) is 3.05. The third kappa shape index (κ3) is 3.78. The van der Waals surface area contributed by atoms with Crippen LogP contribution in [0.2, 0.25) is 0 Å². The molecule has 0 bridgehead atoms. The van der Waals surface area contributed by atoms with Gasteiger partial charge in [0.2, 0.25) is 0 Å². The molecule has 0 aliphatic rings. The number of anilines is 2. The fourth-order valence-corrected chi connectivity index (χ4v) is 2.10. The van der Waals surface area contributed by atoms with Crippen molar-refractivity contribution in [2.45, 2.75) is 32.7 Å². The summed E-state index contributed by atoms with van der Waals surface area (Å²) in [5.74, 6) is 0.549. The van der Waals surface area contributed by atoms with Gasteiger partial charge in [-0.15, -0.1) is 0 Å². The molecule has 0 radical (unpaired) electrons. The van der Waals surface area contributed by atoms with Crippen LogP contribution < -0.4 is 10.6 Å². The van der Waals surface area contributed by atoms with Gasteiger partial charge in [0.1, 0.15) is 11.6 Å². The largest absolute Gasteiger partial charge is 0.395 e. The fourth-order valence-electron chi connectivity index (χ4n) is 2.10. The topological polar surface area (TPSA) is 106 Å². The van der Waals surface area contributed by atoms with Crippen molar-refractivity contribution in [2.24, 2.45) is 0 Å². The molecule has 7 nitrogen and oxygen atoms in total. The summed E-state index contributed by atoms with van der Waals surface area (Å²) in [4.78, 5) is 16.4. The van der Waals surface area contributed by atoms with Crippen LogP contribution in [0.4, 0.5) is 17.3 Å². The fraction of sp³-hybridized carbons (Fsp3) is 0.583. The Morgan fingerprint density at radius 3 is 2.58 bits per heavy atom. The maximum absolute atomic E-state index is 10.8. The first-order valence-electron chi connectivity index (χ1n) is 6.32. The molecule has 0 spiro atoms. The first-order chi connectivity index (χ1) is 9.03. The SMILES string of the molecule is CCC(CC)N(CCO)c1cc([N+](=O)[O-])cc(N)n1. The molecule has 0 aliphatic carbocycles. The van der Waals surface area contributed by atoms with Crippen LogP contribution in [0.3, 0.4) is 0 Å². The summed E-state index contributed by atoms with van der Waals surface area (Å²) in [7, 11) is 0. The zero-order valence-electron chi connectivity index (χ0n) is 11.2. The third-order valence-electron chi connectivity index (χ3n) is 3.05. The number of hydrogen-bond acceptors (Lipinski definition) is 6. The van der Waals surface area contributed by atoms with Crippen LogP contribution in [0.5, 0.6) is 0 Å². The van der Waals surface area contributed by atoms with Gasteiger partial charge < -0.3 is 15.7 Å². The monoisotopic (exact) mass is 268 g/mol. The van der Waals surface area contributed by atoms with E-state index < -0.39 is 4.92 Å². The molecule has 1 aromatic heterocycles. The van der Waals surface area contributed by atoms with Gasteiger partial charge in [-0.3, -0.25) is 10.1 Å². The molecule has 0 fully saturated rings. The van der Waals surface area contributed by atoms with E-state index in [0.29, 0.717) is 12.4 Å². The van der Waals surface area contributed by atoms with Crippen molar-refractivity contribution in [1.82, 2.24) is 4.98 Å². The average Bonchev–Trinajstić information content (AvgIpc) is 2.38. The van der Waals surface area contributed by atoms with Crippen molar-refractivity contribution < 1.29 is 10.0 Å². The smallest absolute Gasteiger partial charge is 0.276 e. The van der Waals surface area contributed by atoms with Gasteiger partial charge in [-0.25, -0.2) is 4.98 Å². The van der Waals surface area contributed by atoms with E-state index in [-0.39, 0.29) is 24.2 Å². The Bertz CT molecular complexity index is 435. The highest BCUT2D eigenvalue weighted by atomic mass is 16.6. The van der Waals surface area contributed by atoms with E-state index >= 15 is 0 Å². The zero-order chi connectivity index (χ0) is 14.4. The van der Waals surface area contributed by atoms with Crippen molar-refractivity contribution in [1.29, 1.82) is 0 Å². The van der Waals surface area contributed by atoms with Crippen LogP contribution >= 0.6 is 0 Å². The van der Waals surface area contributed by atoms with Gasteiger partial charge in [-0.2, -0.15) is 0 Å². The van der Waals surface area contributed by atoms with Gasteiger partial charge in [-0.1, -0.05) is 13.8 Å². The zero-order valence-corrected chi connectivity index (χ0v) is 11.2. The first-order valence-corrected chi connectivity index (χ1v) is 6.32. The average molecular weight is 268 g/mol. The van der Waals surface area contributed by atoms with Crippen LogP contribution in [0.25, 0.3) is 0 Å². The molecule has 3 N–H and O–H groups in total. The number of hydrogen-bond donors (Lipinski definition) is 2. The minimum absolute atomic E-state index is 0.0409. The van der Waals surface area contributed by atoms with Gasteiger partial charge >= 0.3 is 0 Å². The summed E-state index contributed by atoms with van der Waals surface area (Å²) >= 11 is 0. The number of nitro groups is 1. The molecule has 0 amide bonds. The Kier molecular flexibility index (Phi) is 5.50. The van der Waals surface area contributed by atoms with Crippen LogP contribution in [0.1, 0.15) is 26.7 Å². The predicted octanol–water partition coefficient (Wildman–Crippen LogP) is 1.56. The molecule has 0 aliphatic heterocycles. The van der Waals surface area contributed by atoms with E-state index in [9.17, 15) is 10.1 Å². The summed E-state index contributed by atoms with van der Waals surface area (Å²) in [6.07, 6.45) is 1.72. The minimum atomic E-state index is -0.494. The van der Waals surface area contributed by atoms with E-state index in [2.05, 4.69) is 4.98 Å². The van der Waals surface area contributed by atoms with E-state index in [1.807, 2.05) is 18.7 Å². The van der Waals surface area contributed by atoms with Crippen LogP contribution in [-0.4, -0.2) is 34.2 Å². The van der Waals surface area contributed by atoms with Crippen molar-refractivity contribution in [2.75, 3.05) is 23.8 Å². The number of aliphatic hydroxyl groups is 1. The molecule has 0 unspecified atom stereocenters. The lowest BCUT2D eigenvalue weighted by molar-refractivity contribution is -0.384. The number of pyridine rings is 1. The standard InChI is InChI=1S/C12H20N4O3/c1-3-9(4-2)15(5-6-17)12-8-10(16(18)19)7-11(13)14-12/h7-9,17H,3-6H2,1-2H3,(H2,13,14). The Morgan fingerprint density at radius 1 is 1.47 bits per heavy atom. The second-order valence-electron chi connectivity index (χ2n) is 4.25. The Hall–Kier alpha value is -1.89. The Morgan fingerprint density at radius 2 is 2.11 bits per heavy atom. The number of rotatable bonds is 7. The van der Waals surface area contributed by atoms with E-state index in [4.69, 9.17) is 10.8 Å². The summed E-state index contributed by atoms with van der Waals surface area (Å²) < 4.78 is 0. The maximum atomic E-state index is 10.8. The van der Waals surface area contributed by atoms with Crippen molar-refractivity contribution >= 4 is 17.3 Å². The Balaban J connectivity index is 3.17. The van der Waals surface area contributed by atoms with E-state index in [1.54, 1.807) is 0 Å². The van der Waals surface area contributed by atoms with Crippen LogP contribution in [-0.2, 0) is 0 Å². The lowest BCUT2D eigenvalue weighted by Gasteiger charge is -2.31. The predicted molar refractivity (Wildman–Crippen MR) is 74.1 cm³/mol. The Labute approximate surface area is 112 Å². The van der Waals surface area contributed by atoms with Gasteiger partial charge in [-0.05, 0) is 12.8 Å². The molecule has 1 rings (SSSR count). The molecule has 0 saturated carbocycles. The molecular formula is C12H20N4O3. The summed E-state index contributed by atoms with van der Waals surface area (Å²) in [6.45, 7) is 4.39. The number of aromatic nitrogens is 1. The molecule has 0 aromatic carbocycles. The van der Waals surface area contributed by atoms with Crippen molar-refractivity contribution in [3.05, 3.63) is 22.2 Å². The van der Waals surface area contributed by atoms with Gasteiger partial charge in [0, 0.05) is 12.6 Å². The summed E-state index contributed by atoms with van der Waals surface area (Å²) in [5, 5.41) is 20.0. The highest BCUT2D eigenvalue weighted by Gasteiger charge is 2.20. The second-order valence-corrected chi connectivity index (χ2v) is 4.25. The number of aliphatic hydroxyl groups excluding tert-OH is 1. The van der Waals surface area contributed by atoms with Crippen LogP contribution in [0.15, 0.2) is 12.1 Å². The number of nitrogens with two attached hydrogens (primary N) is 1. The molecule has 106 valence electrons. The second kappa shape index (κ2) is 6.89. The summed E-state index contributed by atoms with van der Waals surface area (Å²) in [5.41, 5.74) is 5.52. The van der Waals surface area contributed by atoms with E-state index in [1.165, 1.54) is 12.1 Å². The molecule has 0 saturated heterocycles. The van der Waals surface area contributed by atoms with Crippen LogP contribution in [0, 0.1) is 10.1 Å². The number of nitrogen functional groups attached to an aromatic ring is 1. The van der Waals surface area contributed by atoms with Crippen molar-refractivity contribution in [3.8, 4) is 0 Å². The number of nitrogens with zero attached hydrogens (tertiary/aromatic N) is 3. The summed E-state index contributed by atoms with van der Waals surface area (Å²) in [6, 6.07) is 2.79. The van der Waals surface area contributed by atoms with Gasteiger partial charge in [0.15, 0.2) is 0 Å². The van der Waals surface area contributed by atoms with Gasteiger partial charge in [0.25, 0.3) is 5.69 Å². The molecule has 1 aromatic rings. The maximum Gasteiger partial charge on any atom is 0.276 e. The normalized spacial score (nSPS) is 10.7. The quantitative estimate of drug-likeness (QED) is 0.574. The molecular weight excluding hydrogens is 248 g/mol. The van der Waals surface area contributed by atoms with Crippen molar-refractivity contribution in [3.63, 3.8) is 0 Å². The highest BCUT2D eigenvalue weighted by Crippen LogP contribution is 2.24. The van der Waals surface area contributed by atoms with Gasteiger partial charge in [0.05, 0.1) is 23.7 Å². The highest BCUT2D eigenvalue weighted by molar-refractivity contribution is 5.54. The molecule has 7 heteroatoms. The first kappa shape index (κ1) is 15.2. The molecule has 0 atom stereocenters. The lowest BCUT2D eigenvalue weighted by Crippen LogP contribution is -2.37. The minimum Gasteiger partial charge on any atom is -0.395 e. The lowest BCUT2D eigenvalue weighted by atomic mass is 10.1.